The highest BCUT2D eigenvalue weighted by molar-refractivity contribution is 7.88. The fourth-order valence-corrected chi connectivity index (χ4v) is 4.80. The van der Waals surface area contributed by atoms with Crippen LogP contribution >= 0.6 is 0 Å². The number of hydrogen-bond donors (Lipinski definition) is 3. The summed E-state index contributed by atoms with van der Waals surface area (Å²) in [5.41, 5.74) is 0. The first-order valence-electron chi connectivity index (χ1n) is 10.3. The van der Waals surface area contributed by atoms with Crippen molar-refractivity contribution in [3.63, 3.8) is 0 Å². The zero-order valence-electron chi connectivity index (χ0n) is 17.7. The van der Waals surface area contributed by atoms with Gasteiger partial charge in [0.15, 0.2) is 0 Å². The van der Waals surface area contributed by atoms with Gasteiger partial charge in [-0.05, 0) is 24.7 Å². The van der Waals surface area contributed by atoms with Crippen LogP contribution in [0.15, 0.2) is 0 Å². The molecule has 0 aromatic heterocycles. The molecule has 0 aliphatic heterocycles. The average Bonchev–Trinajstić information content (AvgIpc) is 2.52. The highest BCUT2D eigenvalue weighted by Crippen LogP contribution is 2.37. The molecular formula is C20H40MgO7S. The van der Waals surface area contributed by atoms with E-state index in [1.807, 2.05) is 0 Å². The van der Waals surface area contributed by atoms with Crippen LogP contribution in [-0.2, 0) is 19.7 Å². The minimum Gasteiger partial charge on any atom is -0.481 e. The Labute approximate surface area is 191 Å². The zero-order valence-corrected chi connectivity index (χ0v) is 18.5. The Bertz CT molecular complexity index is 590. The van der Waals surface area contributed by atoms with Gasteiger partial charge in [0.1, 0.15) is 0 Å². The lowest BCUT2D eigenvalue weighted by Gasteiger charge is -2.32. The number of carbonyl (C=O) groups is 2. The third-order valence-corrected chi connectivity index (χ3v) is 6.87. The van der Waals surface area contributed by atoms with Crippen LogP contribution in [0.3, 0.4) is 0 Å². The van der Waals surface area contributed by atoms with Crippen molar-refractivity contribution in [3.8, 4) is 0 Å². The summed E-state index contributed by atoms with van der Waals surface area (Å²) >= 11 is 0. The highest BCUT2D eigenvalue weighted by atomic mass is 32.2. The number of carboxylic acid groups (broad SMARTS) is 2. The number of hydrogen-bond acceptors (Lipinski definition) is 4. The van der Waals surface area contributed by atoms with Crippen LogP contribution in [0, 0.1) is 17.8 Å². The third kappa shape index (κ3) is 10.5. The Balaban J connectivity index is 0. The standard InChI is InChI=1S/C20H38O7S.Mg.2H/c1-15(2)11-7-5-9-13-17(18(21)22)20(19(23)24,28(25,26)27)14-10-6-8-12-16(3)4;;;/h15-17H,5-14H2,1-4H3,(H,21,22)(H,23,24)(H,25,26,27);;;. The Morgan fingerprint density at radius 2 is 1.21 bits per heavy atom. The maximum absolute atomic E-state index is 12.1. The summed E-state index contributed by atoms with van der Waals surface area (Å²) in [5.74, 6) is -3.97. The van der Waals surface area contributed by atoms with E-state index in [1.54, 1.807) is 0 Å². The van der Waals surface area contributed by atoms with Gasteiger partial charge >= 0.3 is 35.0 Å². The van der Waals surface area contributed by atoms with Gasteiger partial charge in [-0.15, -0.1) is 0 Å². The quantitative estimate of drug-likeness (QED) is 0.186. The summed E-state index contributed by atoms with van der Waals surface area (Å²) in [5, 5.41) is 19.3. The van der Waals surface area contributed by atoms with Crippen LogP contribution in [0.25, 0.3) is 0 Å². The van der Waals surface area contributed by atoms with Gasteiger partial charge < -0.3 is 10.2 Å². The predicted molar refractivity (Wildman–Crippen MR) is 117 cm³/mol. The van der Waals surface area contributed by atoms with Gasteiger partial charge in [-0.3, -0.25) is 14.1 Å². The summed E-state index contributed by atoms with van der Waals surface area (Å²) in [6.07, 6.45) is 4.98. The molecule has 0 heterocycles. The maximum atomic E-state index is 12.1. The fraction of sp³-hybridized carbons (Fsp3) is 0.900. The maximum Gasteiger partial charge on any atom is 0.328 e. The molecule has 29 heavy (non-hydrogen) atoms. The lowest BCUT2D eigenvalue weighted by Crippen LogP contribution is -2.55. The van der Waals surface area contributed by atoms with Crippen LogP contribution < -0.4 is 0 Å². The summed E-state index contributed by atoms with van der Waals surface area (Å²) in [4.78, 5) is 23.8. The zero-order chi connectivity index (χ0) is 22.0. The molecule has 0 fully saturated rings. The van der Waals surface area contributed by atoms with E-state index < -0.39 is 39.1 Å². The topological polar surface area (TPSA) is 129 Å². The van der Waals surface area contributed by atoms with Crippen LogP contribution in [0.4, 0.5) is 0 Å². The van der Waals surface area contributed by atoms with Crippen molar-refractivity contribution in [3.05, 3.63) is 0 Å². The molecule has 0 rings (SSSR count). The summed E-state index contributed by atoms with van der Waals surface area (Å²) in [6.45, 7) is 8.26. The molecule has 0 radical (unpaired) electrons. The normalized spacial score (nSPS) is 15.0. The molecule has 3 N–H and O–H groups in total. The number of aliphatic carboxylic acids is 2. The van der Waals surface area contributed by atoms with Crippen molar-refractivity contribution in [2.75, 3.05) is 0 Å². The minimum absolute atomic E-state index is 0. The Hall–Kier alpha value is -0.384. The second-order valence-electron chi connectivity index (χ2n) is 8.59. The molecule has 0 saturated heterocycles. The first-order chi connectivity index (χ1) is 12.9. The van der Waals surface area contributed by atoms with Crippen LogP contribution in [0.2, 0.25) is 0 Å². The average molecular weight is 449 g/mol. The van der Waals surface area contributed by atoms with E-state index in [9.17, 15) is 32.8 Å². The van der Waals surface area contributed by atoms with Gasteiger partial charge in [-0.1, -0.05) is 79.1 Å². The van der Waals surface area contributed by atoms with Gasteiger partial charge in [0.2, 0.25) is 4.75 Å². The SMILES string of the molecule is CC(C)CCCCCC(C(=O)O)C(CCCCCC(C)C)(C(=O)O)S(=O)(=O)O.[MgH2]. The van der Waals surface area contributed by atoms with Gasteiger partial charge in [0, 0.05) is 0 Å². The van der Waals surface area contributed by atoms with Crippen molar-refractivity contribution < 1.29 is 32.8 Å². The number of rotatable bonds is 16. The number of unbranched alkanes of at least 4 members (excludes halogenated alkanes) is 4. The molecule has 0 spiro atoms. The van der Waals surface area contributed by atoms with E-state index in [1.165, 1.54) is 0 Å². The smallest absolute Gasteiger partial charge is 0.328 e. The molecule has 0 saturated carbocycles. The van der Waals surface area contributed by atoms with Crippen LogP contribution in [0.5, 0.6) is 0 Å². The molecule has 0 aromatic rings. The molecule has 0 bridgehead atoms. The van der Waals surface area contributed by atoms with Gasteiger partial charge in [0.05, 0.1) is 5.92 Å². The fourth-order valence-electron chi connectivity index (χ4n) is 3.60. The Kier molecular flexibility index (Phi) is 15.5. The van der Waals surface area contributed by atoms with Crippen LogP contribution in [-0.4, -0.2) is 62.9 Å². The van der Waals surface area contributed by atoms with E-state index in [2.05, 4.69) is 27.7 Å². The molecule has 7 nitrogen and oxygen atoms in total. The summed E-state index contributed by atoms with van der Waals surface area (Å²) < 4.78 is 31.3. The predicted octanol–water partition coefficient (Wildman–Crippen LogP) is 3.70. The Morgan fingerprint density at radius 1 is 0.793 bits per heavy atom. The lowest BCUT2D eigenvalue weighted by molar-refractivity contribution is -0.152. The van der Waals surface area contributed by atoms with Crippen molar-refractivity contribution in [1.29, 1.82) is 0 Å². The molecule has 2 unspecified atom stereocenters. The molecule has 2 atom stereocenters. The van der Waals surface area contributed by atoms with E-state index >= 15 is 0 Å². The molecule has 9 heteroatoms. The monoisotopic (exact) mass is 448 g/mol. The molecule has 0 aliphatic carbocycles. The number of carboxylic acids is 2. The van der Waals surface area contributed by atoms with E-state index in [-0.39, 0.29) is 35.9 Å². The third-order valence-electron chi connectivity index (χ3n) is 5.29. The molecule has 0 amide bonds. The molecule has 170 valence electrons. The van der Waals surface area contributed by atoms with Crippen molar-refractivity contribution >= 4 is 45.1 Å². The van der Waals surface area contributed by atoms with E-state index in [0.29, 0.717) is 31.1 Å². The first kappa shape index (κ1) is 30.8. The van der Waals surface area contributed by atoms with Gasteiger partial charge in [-0.25, -0.2) is 0 Å². The minimum atomic E-state index is -5.11. The summed E-state index contributed by atoms with van der Waals surface area (Å²) in [7, 11) is -5.11. The largest absolute Gasteiger partial charge is 0.481 e. The van der Waals surface area contributed by atoms with Crippen molar-refractivity contribution in [2.24, 2.45) is 17.8 Å². The summed E-state index contributed by atoms with van der Waals surface area (Å²) in [6, 6.07) is 0. The van der Waals surface area contributed by atoms with Gasteiger partial charge in [-0.2, -0.15) is 8.42 Å². The van der Waals surface area contributed by atoms with Gasteiger partial charge in [0.25, 0.3) is 10.1 Å². The van der Waals surface area contributed by atoms with E-state index in [4.69, 9.17) is 0 Å². The lowest BCUT2D eigenvalue weighted by atomic mass is 9.82. The Morgan fingerprint density at radius 3 is 1.55 bits per heavy atom. The van der Waals surface area contributed by atoms with Crippen molar-refractivity contribution in [2.45, 2.75) is 96.7 Å². The highest BCUT2D eigenvalue weighted by Gasteiger charge is 2.58. The van der Waals surface area contributed by atoms with E-state index in [0.717, 1.165) is 25.7 Å². The molecule has 0 aliphatic rings. The molecule has 0 aromatic carbocycles. The second kappa shape index (κ2) is 14.6. The first-order valence-corrected chi connectivity index (χ1v) is 11.7. The van der Waals surface area contributed by atoms with Crippen LogP contribution in [0.1, 0.15) is 91.9 Å². The van der Waals surface area contributed by atoms with Crippen molar-refractivity contribution in [1.82, 2.24) is 0 Å². The molecular weight excluding hydrogens is 409 g/mol. The second-order valence-corrected chi connectivity index (χ2v) is 10.3.